The number of aliphatic carboxylic acids is 1. The lowest BCUT2D eigenvalue weighted by atomic mass is 10.1. The van der Waals surface area contributed by atoms with Gasteiger partial charge in [0.15, 0.2) is 0 Å². The summed E-state index contributed by atoms with van der Waals surface area (Å²) in [5, 5.41) is 12.3. The molecule has 3 aromatic rings. The van der Waals surface area contributed by atoms with Crippen molar-refractivity contribution in [2.45, 2.75) is 26.4 Å². The highest BCUT2D eigenvalue weighted by atomic mass is 19.3. The minimum atomic E-state index is -2.90. The average molecular weight is 473 g/mol. The fourth-order valence-electron chi connectivity index (χ4n) is 3.36. The summed E-state index contributed by atoms with van der Waals surface area (Å²) in [5.41, 5.74) is 2.82. The lowest BCUT2D eigenvalue weighted by Gasteiger charge is -2.13. The number of benzene rings is 2. The molecule has 0 atom stereocenters. The maximum absolute atomic E-state index is 12.4. The van der Waals surface area contributed by atoms with Crippen molar-refractivity contribution in [1.82, 2.24) is 9.97 Å². The Hall–Kier alpha value is -3.95. The van der Waals surface area contributed by atoms with Crippen LogP contribution < -0.4 is 19.5 Å². The third-order valence-corrected chi connectivity index (χ3v) is 4.86. The Morgan fingerprint density at radius 1 is 1.09 bits per heavy atom. The molecule has 1 aromatic heterocycles. The average Bonchev–Trinajstić information content (AvgIpc) is 2.80. The molecular formula is C24H25F2N3O5. The van der Waals surface area contributed by atoms with Crippen LogP contribution in [0.2, 0.25) is 0 Å². The first-order valence-electron chi connectivity index (χ1n) is 10.5. The Balaban J connectivity index is 1.69. The molecule has 0 aliphatic rings. The van der Waals surface area contributed by atoms with E-state index in [9.17, 15) is 13.6 Å². The van der Waals surface area contributed by atoms with E-state index in [-0.39, 0.29) is 12.2 Å². The number of carboxylic acid groups (broad SMARTS) is 1. The smallest absolute Gasteiger partial charge is 0.387 e. The number of anilines is 1. The maximum Gasteiger partial charge on any atom is 0.387 e. The van der Waals surface area contributed by atoms with Crippen molar-refractivity contribution < 1.29 is 32.9 Å². The monoisotopic (exact) mass is 473 g/mol. The molecule has 0 spiro atoms. The second-order valence-corrected chi connectivity index (χ2v) is 7.14. The van der Waals surface area contributed by atoms with Gasteiger partial charge in [0.05, 0.1) is 25.8 Å². The van der Waals surface area contributed by atoms with Crippen LogP contribution in [-0.4, -0.2) is 47.9 Å². The molecule has 0 amide bonds. The Morgan fingerprint density at radius 3 is 2.59 bits per heavy atom. The van der Waals surface area contributed by atoms with E-state index < -0.39 is 12.6 Å². The van der Waals surface area contributed by atoms with Crippen molar-refractivity contribution in [1.29, 1.82) is 0 Å². The molecule has 180 valence electrons. The Morgan fingerprint density at radius 2 is 1.88 bits per heavy atom. The summed E-state index contributed by atoms with van der Waals surface area (Å²) in [6, 6.07) is 11.6. The molecule has 0 saturated carbocycles. The number of nitrogens with one attached hydrogen (secondary N) is 1. The number of halogens is 2. The SMILES string of the molecule is CCOc1cc(-c2cc(NCCc3ccc(OC(F)F)cc3OC)ncn2)ccc1CC(=O)O. The molecule has 34 heavy (non-hydrogen) atoms. The van der Waals surface area contributed by atoms with Crippen molar-refractivity contribution in [2.75, 3.05) is 25.6 Å². The summed E-state index contributed by atoms with van der Waals surface area (Å²) < 4.78 is 40.1. The predicted octanol–water partition coefficient (Wildman–Crippen LogP) is 4.43. The van der Waals surface area contributed by atoms with E-state index in [4.69, 9.17) is 14.6 Å². The first-order chi connectivity index (χ1) is 16.4. The predicted molar refractivity (Wildman–Crippen MR) is 122 cm³/mol. The summed E-state index contributed by atoms with van der Waals surface area (Å²) in [5.74, 6) is 0.643. The number of nitrogens with zero attached hydrogens (tertiary/aromatic N) is 2. The molecule has 2 N–H and O–H groups in total. The molecule has 2 aromatic carbocycles. The topological polar surface area (TPSA) is 103 Å². The molecule has 8 nitrogen and oxygen atoms in total. The molecule has 0 unspecified atom stereocenters. The second kappa shape index (κ2) is 11.8. The van der Waals surface area contributed by atoms with Crippen molar-refractivity contribution in [3.63, 3.8) is 0 Å². The molecule has 0 aliphatic heterocycles. The molecule has 10 heteroatoms. The van der Waals surface area contributed by atoms with Crippen molar-refractivity contribution in [3.05, 3.63) is 59.9 Å². The standard InChI is InChI=1S/C24H25F2N3O5/c1-3-33-21-10-16(4-5-17(21)11-23(30)31)19-13-22(29-14-28-19)27-9-8-15-6-7-18(34-24(25)26)12-20(15)32-2/h4-7,10,12-14,24H,3,8-9,11H2,1-2H3,(H,30,31)(H,27,28,29). The largest absolute Gasteiger partial charge is 0.496 e. The van der Waals surface area contributed by atoms with E-state index in [0.717, 1.165) is 11.1 Å². The number of hydrogen-bond acceptors (Lipinski definition) is 7. The van der Waals surface area contributed by atoms with Gasteiger partial charge in [-0.3, -0.25) is 4.79 Å². The fourth-order valence-corrected chi connectivity index (χ4v) is 3.36. The second-order valence-electron chi connectivity index (χ2n) is 7.14. The van der Waals surface area contributed by atoms with Gasteiger partial charge >= 0.3 is 12.6 Å². The van der Waals surface area contributed by atoms with Crippen LogP contribution >= 0.6 is 0 Å². The molecule has 1 heterocycles. The number of carboxylic acids is 1. The summed E-state index contributed by atoms with van der Waals surface area (Å²) in [6.45, 7) is -0.157. The summed E-state index contributed by atoms with van der Waals surface area (Å²) in [7, 11) is 1.47. The third-order valence-electron chi connectivity index (χ3n) is 4.86. The van der Waals surface area contributed by atoms with E-state index in [2.05, 4.69) is 20.0 Å². The van der Waals surface area contributed by atoms with Crippen molar-refractivity contribution >= 4 is 11.8 Å². The molecule has 0 aliphatic carbocycles. The Bertz CT molecular complexity index is 1130. The molecule has 0 radical (unpaired) electrons. The van der Waals surface area contributed by atoms with Crippen LogP contribution in [-0.2, 0) is 17.6 Å². The van der Waals surface area contributed by atoms with Gasteiger partial charge < -0.3 is 24.6 Å². The summed E-state index contributed by atoms with van der Waals surface area (Å²) in [4.78, 5) is 19.6. The number of aromatic nitrogens is 2. The highest BCUT2D eigenvalue weighted by Gasteiger charge is 2.12. The van der Waals surface area contributed by atoms with Gasteiger partial charge in [0.2, 0.25) is 0 Å². The highest BCUT2D eigenvalue weighted by Crippen LogP contribution is 2.28. The Labute approximate surface area is 195 Å². The zero-order valence-corrected chi connectivity index (χ0v) is 18.8. The van der Waals surface area contributed by atoms with Crippen molar-refractivity contribution in [3.8, 4) is 28.5 Å². The van der Waals surface area contributed by atoms with E-state index in [1.165, 1.54) is 25.6 Å². The lowest BCUT2D eigenvalue weighted by Crippen LogP contribution is -2.08. The molecule has 0 saturated heterocycles. The number of ether oxygens (including phenoxy) is 3. The van der Waals surface area contributed by atoms with Gasteiger partial charge in [0.1, 0.15) is 29.4 Å². The van der Waals surface area contributed by atoms with E-state index in [1.54, 1.807) is 30.3 Å². The first-order valence-corrected chi connectivity index (χ1v) is 10.5. The van der Waals surface area contributed by atoms with Crippen LogP contribution in [0.5, 0.6) is 17.2 Å². The van der Waals surface area contributed by atoms with Crippen LogP contribution in [0.1, 0.15) is 18.1 Å². The van der Waals surface area contributed by atoms with Gasteiger partial charge in [-0.15, -0.1) is 0 Å². The van der Waals surface area contributed by atoms with E-state index in [0.29, 0.717) is 48.1 Å². The van der Waals surface area contributed by atoms with Gasteiger partial charge in [-0.2, -0.15) is 8.78 Å². The number of methoxy groups -OCH3 is 1. The van der Waals surface area contributed by atoms with Crippen molar-refractivity contribution in [2.24, 2.45) is 0 Å². The zero-order valence-electron chi connectivity index (χ0n) is 18.8. The minimum Gasteiger partial charge on any atom is -0.496 e. The first kappa shape index (κ1) is 24.7. The third kappa shape index (κ3) is 6.77. The van der Waals surface area contributed by atoms with Gasteiger partial charge in [0, 0.05) is 29.8 Å². The number of alkyl halides is 2. The molecule has 0 bridgehead atoms. The van der Waals surface area contributed by atoms with Gasteiger partial charge in [-0.05, 0) is 31.0 Å². The number of rotatable bonds is 12. The summed E-state index contributed by atoms with van der Waals surface area (Å²) >= 11 is 0. The van der Waals surface area contributed by atoms with E-state index in [1.807, 2.05) is 6.92 Å². The van der Waals surface area contributed by atoms with Gasteiger partial charge in [0.25, 0.3) is 0 Å². The highest BCUT2D eigenvalue weighted by molar-refractivity contribution is 5.73. The lowest BCUT2D eigenvalue weighted by molar-refractivity contribution is -0.136. The zero-order chi connectivity index (χ0) is 24.5. The molecule has 0 fully saturated rings. The van der Waals surface area contributed by atoms with Crippen LogP contribution in [0.3, 0.4) is 0 Å². The normalized spacial score (nSPS) is 10.7. The summed E-state index contributed by atoms with van der Waals surface area (Å²) in [6.07, 6.45) is 1.85. The number of carbonyl (C=O) groups is 1. The Kier molecular flexibility index (Phi) is 8.55. The minimum absolute atomic E-state index is 0.0322. The van der Waals surface area contributed by atoms with E-state index >= 15 is 0 Å². The van der Waals surface area contributed by atoms with Crippen LogP contribution in [0.15, 0.2) is 48.8 Å². The fraction of sp³-hybridized carbons (Fsp3) is 0.292. The number of hydrogen-bond donors (Lipinski definition) is 2. The quantitative estimate of drug-likeness (QED) is 0.398. The maximum atomic E-state index is 12.4. The van der Waals surface area contributed by atoms with Gasteiger partial charge in [-0.25, -0.2) is 9.97 Å². The molecular weight excluding hydrogens is 448 g/mol. The van der Waals surface area contributed by atoms with Crippen LogP contribution in [0.25, 0.3) is 11.3 Å². The van der Waals surface area contributed by atoms with Crippen LogP contribution in [0.4, 0.5) is 14.6 Å². The van der Waals surface area contributed by atoms with Gasteiger partial charge in [-0.1, -0.05) is 18.2 Å². The van der Waals surface area contributed by atoms with Crippen LogP contribution in [0, 0.1) is 0 Å². The molecule has 3 rings (SSSR count).